The Bertz CT molecular complexity index is 8590. The predicted octanol–water partition coefficient (Wildman–Crippen LogP) is 22.7. The van der Waals surface area contributed by atoms with Gasteiger partial charge in [0.05, 0.1) is 77.3 Å². The Kier molecular flexibility index (Phi) is 28.5. The summed E-state index contributed by atoms with van der Waals surface area (Å²) in [5, 5.41) is 21.4. The lowest BCUT2D eigenvalue weighted by molar-refractivity contribution is -0.147. The molecule has 0 saturated heterocycles. The van der Waals surface area contributed by atoms with Crippen LogP contribution in [0.5, 0.6) is 23.0 Å². The minimum absolute atomic E-state index is 0.000723. The number of hydrogen-bond acceptors (Lipinski definition) is 24. The van der Waals surface area contributed by atoms with Crippen molar-refractivity contribution >= 4 is 180 Å². The first kappa shape index (κ1) is 99.1. The Morgan fingerprint density at radius 3 is 0.884 bits per heavy atom. The summed E-state index contributed by atoms with van der Waals surface area (Å²) in [6, 6.07) is 75.4. The van der Waals surface area contributed by atoms with E-state index < -0.39 is 23.9 Å². The number of carbonyl (C=O) groups excluding carboxylic acids is 12. The molecule has 28 nitrogen and oxygen atoms in total. The fourth-order valence-electron chi connectivity index (χ4n) is 19.1. The largest absolute Gasteiger partial charge is 0.485 e. The van der Waals surface area contributed by atoms with E-state index in [-0.39, 0.29) is 108 Å². The Hall–Kier alpha value is -18.1. The highest BCUT2D eigenvalue weighted by atomic mass is 16.7. The quantitative estimate of drug-likeness (QED) is 0.0263. The van der Waals surface area contributed by atoms with Crippen LogP contribution in [0.25, 0.3) is 87.2 Å². The lowest BCUT2D eigenvalue weighted by atomic mass is 9.96. The molecule has 21 rings (SSSR count). The average Bonchev–Trinajstić information content (AvgIpc) is 1.59. The van der Waals surface area contributed by atoms with Crippen molar-refractivity contribution in [2.75, 3.05) is 26.4 Å². The second kappa shape index (κ2) is 42.2. The number of aromatic nitrogens is 4. The number of benzene rings is 13. The van der Waals surface area contributed by atoms with Crippen molar-refractivity contribution in [2.24, 2.45) is 26.5 Å². The molecule has 0 spiro atoms. The summed E-state index contributed by atoms with van der Waals surface area (Å²) in [5.41, 5.74) is 17.6. The molecule has 8 heterocycles. The van der Waals surface area contributed by atoms with Crippen molar-refractivity contribution in [3.63, 3.8) is 0 Å². The van der Waals surface area contributed by atoms with Crippen molar-refractivity contribution in [3.05, 3.63) is 356 Å². The highest BCUT2D eigenvalue weighted by Gasteiger charge is 2.37. The number of ketones is 8. The molecule has 13 aromatic carbocycles. The van der Waals surface area contributed by atoms with Gasteiger partial charge in [0.1, 0.15) is 49.4 Å². The van der Waals surface area contributed by atoms with Gasteiger partial charge in [-0.2, -0.15) is 0 Å². The summed E-state index contributed by atoms with van der Waals surface area (Å²) < 4.78 is 32.7. The molecule has 0 amide bonds. The van der Waals surface area contributed by atoms with Crippen molar-refractivity contribution in [2.45, 2.75) is 122 Å². The summed E-state index contributed by atoms with van der Waals surface area (Å²) in [7, 11) is 0. The molecule has 4 aliphatic rings. The first-order valence-electron chi connectivity index (χ1n) is 48.4. The number of Topliss-reactive ketones (excluding diaryl/α,β-unsaturated/α-hetero) is 4. The second-order valence-electron chi connectivity index (χ2n) is 35.9. The molecular weight excluding hydrogens is 1860 g/mol. The molecule has 0 fully saturated rings. The number of ether oxygens (including phenoxy) is 4. The molecular formula is C119H100N8O20. The standard InChI is InChI=1S/C32H24N2O5.C30H28N2O5.C29H26N2O5.C28H22N2O5/c1-3-34-26-15-13-21(29(35)22-12-8-7-9-19(22)2)17-24(26)28-27(34)16-14-23-30(36)25(18-38-31(23)28)33-39-32(37)20-10-5-4-6-11-20;1-4-6-11-26(33)37-31-23-17-36-30-21(29(23)35)13-15-25-27(30)22-16-19(12-14-24(22)32(25)5-2)28(34)20-10-8-7-9-18(20)3;1-5-31-23-12-10-18(26(32)19-9-7-6-8-17(19)4)14-21(23)25-24(31)13-11-20-27(33)22(15-35-28(20)25)30-36-29(34)16(2)3;1-4-24(31)35-29-21-15-34-28-19(27(21)33)11-13-23-25(28)20-14-17(10-12-22(20)30(23)5-2)26(32)18-9-7-6-8-16(18)3/h4-17H,3,18H2,1-2H3;7-10,12-16H,4-6,11,17H2,1-3H3;6-14,16H,5,15H2,1-4H3;4,6-14H,1,5,15H2,2-3H3/b33-25+;31-23+;30-22+;29-21+. The molecule has 0 radical (unpaired) electrons. The maximum atomic E-state index is 13.4. The van der Waals surface area contributed by atoms with Crippen molar-refractivity contribution in [1.82, 2.24) is 18.3 Å². The minimum atomic E-state index is -0.761. The van der Waals surface area contributed by atoms with Gasteiger partial charge in [-0.3, -0.25) is 38.4 Å². The number of hydrogen-bond donors (Lipinski definition) is 0. The van der Waals surface area contributed by atoms with Crippen molar-refractivity contribution in [1.29, 1.82) is 0 Å². The highest BCUT2D eigenvalue weighted by Crippen LogP contribution is 2.47. The van der Waals surface area contributed by atoms with Gasteiger partial charge in [-0.1, -0.05) is 170 Å². The van der Waals surface area contributed by atoms with E-state index in [2.05, 4.69) is 50.3 Å². The van der Waals surface area contributed by atoms with E-state index >= 15 is 0 Å². The zero-order valence-corrected chi connectivity index (χ0v) is 82.6. The molecule has 0 bridgehead atoms. The smallest absolute Gasteiger partial charge is 0.365 e. The lowest BCUT2D eigenvalue weighted by Crippen LogP contribution is -2.29. The lowest BCUT2D eigenvalue weighted by Gasteiger charge is -2.18. The molecule has 0 saturated carbocycles. The van der Waals surface area contributed by atoms with Crippen LogP contribution in [0.4, 0.5) is 0 Å². The number of oxime groups is 4. The van der Waals surface area contributed by atoms with Gasteiger partial charge in [-0.25, -0.2) is 19.2 Å². The topological polar surface area (TPSA) is 348 Å². The monoisotopic (exact) mass is 1960 g/mol. The maximum Gasteiger partial charge on any atom is 0.365 e. The van der Waals surface area contributed by atoms with Gasteiger partial charge in [0, 0.05) is 127 Å². The Labute approximate surface area is 843 Å². The molecule has 0 N–H and O–H groups in total. The summed E-state index contributed by atoms with van der Waals surface area (Å²) in [6.07, 6.45) is 2.77. The van der Waals surface area contributed by atoms with E-state index in [1.54, 1.807) is 68.4 Å². The van der Waals surface area contributed by atoms with Gasteiger partial charge in [0.25, 0.3) is 0 Å². The van der Waals surface area contributed by atoms with E-state index in [0.29, 0.717) is 128 Å². The van der Waals surface area contributed by atoms with E-state index in [4.69, 9.17) is 33.5 Å². The number of aryl methyl sites for hydroxylation is 8. The van der Waals surface area contributed by atoms with Gasteiger partial charge < -0.3 is 56.6 Å². The van der Waals surface area contributed by atoms with E-state index in [1.165, 1.54) is 0 Å². The van der Waals surface area contributed by atoms with Gasteiger partial charge in [-0.05, 0) is 218 Å². The number of unbranched alkanes of at least 4 members (excludes halogenated alkanes) is 1. The molecule has 736 valence electrons. The summed E-state index contributed by atoms with van der Waals surface area (Å²) in [5.74, 6) is -2.69. The van der Waals surface area contributed by atoms with Crippen LogP contribution in [-0.2, 0) is 59.9 Å². The van der Waals surface area contributed by atoms with E-state index in [0.717, 1.165) is 122 Å². The van der Waals surface area contributed by atoms with E-state index in [1.807, 2.05) is 256 Å². The molecule has 0 atom stereocenters. The van der Waals surface area contributed by atoms with Gasteiger partial charge in [0.15, 0.2) is 46.0 Å². The van der Waals surface area contributed by atoms with Crippen molar-refractivity contribution < 1.29 is 95.8 Å². The maximum absolute atomic E-state index is 13.4. The molecule has 147 heavy (non-hydrogen) atoms. The number of rotatable bonds is 22. The molecule has 4 aromatic heterocycles. The fraction of sp³-hybridized carbons (Fsp3) is 0.193. The third kappa shape index (κ3) is 18.9. The van der Waals surface area contributed by atoms with Crippen LogP contribution in [0.2, 0.25) is 0 Å². The first-order valence-corrected chi connectivity index (χ1v) is 48.4. The zero-order chi connectivity index (χ0) is 103. The van der Waals surface area contributed by atoms with Crippen LogP contribution in [-0.4, -0.2) is 138 Å². The number of fused-ring (bicyclic) bond motifs is 20. The van der Waals surface area contributed by atoms with Crippen LogP contribution < -0.4 is 18.9 Å². The Morgan fingerprint density at radius 2 is 0.605 bits per heavy atom. The third-order valence-corrected chi connectivity index (χ3v) is 26.6. The van der Waals surface area contributed by atoms with Gasteiger partial charge in [0.2, 0.25) is 23.1 Å². The third-order valence-electron chi connectivity index (χ3n) is 26.6. The highest BCUT2D eigenvalue weighted by molar-refractivity contribution is 6.51. The zero-order valence-electron chi connectivity index (χ0n) is 82.6. The average molecular weight is 1960 g/mol. The molecule has 28 heteroatoms. The predicted molar refractivity (Wildman–Crippen MR) is 563 cm³/mol. The molecule has 0 unspecified atom stereocenters. The Balaban J connectivity index is 0.000000128. The summed E-state index contributed by atoms with van der Waals surface area (Å²) in [6.45, 7) is 26.8. The van der Waals surface area contributed by atoms with E-state index in [9.17, 15) is 57.5 Å². The van der Waals surface area contributed by atoms with Gasteiger partial charge in [-0.15, -0.1) is 0 Å². The number of carbonyl (C=O) groups is 12. The summed E-state index contributed by atoms with van der Waals surface area (Å²) >= 11 is 0. The molecule has 4 aliphatic heterocycles. The summed E-state index contributed by atoms with van der Waals surface area (Å²) in [4.78, 5) is 173. The van der Waals surface area contributed by atoms with Crippen LogP contribution in [0.15, 0.2) is 282 Å². The van der Waals surface area contributed by atoms with Gasteiger partial charge >= 0.3 is 23.9 Å². The van der Waals surface area contributed by atoms with Crippen LogP contribution >= 0.6 is 0 Å². The normalized spacial score (nSPS) is 14.1. The minimum Gasteiger partial charge on any atom is -0.485 e. The molecule has 17 aromatic rings. The molecule has 0 aliphatic carbocycles. The van der Waals surface area contributed by atoms with Crippen molar-refractivity contribution in [3.8, 4) is 23.0 Å². The van der Waals surface area contributed by atoms with Crippen LogP contribution in [0.1, 0.15) is 205 Å². The van der Waals surface area contributed by atoms with Crippen LogP contribution in [0, 0.1) is 33.6 Å². The first-order chi connectivity index (χ1) is 71.2. The fourth-order valence-corrected chi connectivity index (χ4v) is 19.1. The van der Waals surface area contributed by atoms with Crippen LogP contribution in [0.3, 0.4) is 0 Å². The SMILES string of the molecule is C=CC(=O)O/N=C1\COc2c(ccc3c2c2cc(C(=O)c4ccccc4C)ccc2n3CC)C1=O.CCCCC(=O)O/N=C1\COc2c(ccc3c2c2cc(C(=O)c4ccccc4C)ccc2n3CC)C1=O.CCn1c2ccc(C(=O)c3ccccc3C)cc2c2c3c(ccc21)C(=O)/C(=N/OC(=O)C(C)C)CO3.CCn1c2ccc(C(=O)c3ccccc3C)cc2c2c3c(ccc21)C(=O)/C(=N/OC(=O)c1ccccc1)CO3. The number of nitrogens with zero attached hydrogens (tertiary/aromatic N) is 8. The second-order valence-corrected chi connectivity index (χ2v) is 35.9. The Morgan fingerprint density at radius 1 is 0.333 bits per heavy atom.